The summed E-state index contributed by atoms with van der Waals surface area (Å²) in [7, 11) is 0. The maximum Gasteiger partial charge on any atom is 0.230 e. The molecule has 1 atom stereocenters. The summed E-state index contributed by atoms with van der Waals surface area (Å²) in [5.41, 5.74) is 0.794. The average Bonchev–Trinajstić information content (AvgIpc) is 2.85. The lowest BCUT2D eigenvalue weighted by Crippen LogP contribution is -2.40. The molecule has 3 fully saturated rings. The van der Waals surface area contributed by atoms with Gasteiger partial charge in [0.1, 0.15) is 11.5 Å². The quantitative estimate of drug-likeness (QED) is 0.729. The maximum atomic E-state index is 5.52. The van der Waals surface area contributed by atoms with E-state index in [0.717, 1.165) is 50.8 Å². The lowest BCUT2D eigenvalue weighted by Gasteiger charge is -2.32. The summed E-state index contributed by atoms with van der Waals surface area (Å²) < 4.78 is 11.0. The van der Waals surface area contributed by atoms with Crippen molar-refractivity contribution in [3.05, 3.63) is 18.2 Å². The first kappa shape index (κ1) is 20.4. The molecule has 0 spiro atoms. The van der Waals surface area contributed by atoms with Crippen LogP contribution < -0.4 is 14.7 Å². The molecule has 31 heavy (non-hydrogen) atoms. The normalized spacial score (nSPS) is 22.6. The van der Waals surface area contributed by atoms with Crippen molar-refractivity contribution >= 4 is 17.7 Å². The predicted octanol–water partition coefficient (Wildman–Crippen LogP) is 1.84. The Kier molecular flexibility index (Phi) is 6.13. The summed E-state index contributed by atoms with van der Waals surface area (Å²) in [6, 6.07) is 6.15. The molecular weight excluding hydrogens is 394 g/mol. The number of piperidine rings is 1. The van der Waals surface area contributed by atoms with Crippen molar-refractivity contribution in [3.63, 3.8) is 0 Å². The monoisotopic (exact) mass is 425 g/mol. The Balaban J connectivity index is 1.49. The summed E-state index contributed by atoms with van der Waals surface area (Å²) in [5, 5.41) is 0. The van der Waals surface area contributed by atoms with Gasteiger partial charge in [-0.15, -0.1) is 0 Å². The fraction of sp³-hybridized carbons (Fsp3) is 0.636. The van der Waals surface area contributed by atoms with Crippen molar-refractivity contribution in [2.24, 2.45) is 5.92 Å². The van der Waals surface area contributed by atoms with Gasteiger partial charge in [0.2, 0.25) is 11.9 Å². The molecule has 5 rings (SSSR count). The number of nitrogens with zero attached hydrogens (tertiary/aromatic N) is 7. The molecule has 2 aromatic heterocycles. The largest absolute Gasteiger partial charge is 0.378 e. The van der Waals surface area contributed by atoms with E-state index in [4.69, 9.17) is 29.4 Å². The number of anilines is 3. The smallest absolute Gasteiger partial charge is 0.230 e. The Morgan fingerprint density at radius 1 is 0.774 bits per heavy atom. The Labute approximate surface area is 183 Å². The number of hydrogen-bond acceptors (Lipinski definition) is 9. The summed E-state index contributed by atoms with van der Waals surface area (Å²) >= 11 is 0. The van der Waals surface area contributed by atoms with Crippen molar-refractivity contribution in [2.45, 2.75) is 19.8 Å². The Bertz CT molecular complexity index is 848. The van der Waals surface area contributed by atoms with Crippen molar-refractivity contribution in [2.75, 3.05) is 80.4 Å². The van der Waals surface area contributed by atoms with Gasteiger partial charge in [0, 0.05) is 39.3 Å². The van der Waals surface area contributed by atoms with E-state index in [2.05, 4.69) is 33.8 Å². The van der Waals surface area contributed by atoms with Gasteiger partial charge in [-0.2, -0.15) is 15.0 Å². The van der Waals surface area contributed by atoms with E-state index in [1.165, 1.54) is 12.8 Å². The Hall–Kier alpha value is -2.52. The van der Waals surface area contributed by atoms with Crippen LogP contribution in [0.1, 0.15) is 19.8 Å². The van der Waals surface area contributed by atoms with Crippen LogP contribution in [0.5, 0.6) is 0 Å². The molecule has 0 radical (unpaired) electrons. The van der Waals surface area contributed by atoms with E-state index in [0.29, 0.717) is 50.1 Å². The molecule has 0 aromatic carbocycles. The molecule has 2 aromatic rings. The van der Waals surface area contributed by atoms with Gasteiger partial charge in [0.15, 0.2) is 5.82 Å². The second kappa shape index (κ2) is 9.32. The van der Waals surface area contributed by atoms with Crippen LogP contribution in [0.15, 0.2) is 18.2 Å². The average molecular weight is 426 g/mol. The number of pyridine rings is 1. The summed E-state index contributed by atoms with van der Waals surface area (Å²) in [6.07, 6.45) is 2.50. The van der Waals surface area contributed by atoms with Crippen molar-refractivity contribution in [3.8, 4) is 11.5 Å². The number of aromatic nitrogens is 4. The van der Waals surface area contributed by atoms with E-state index in [1.807, 2.05) is 6.07 Å². The molecule has 166 valence electrons. The fourth-order valence-corrected chi connectivity index (χ4v) is 4.40. The van der Waals surface area contributed by atoms with Gasteiger partial charge >= 0.3 is 0 Å². The SMILES string of the molecule is CC1CCCN(c2cccc(-c3nc(N4CCOCC4)nc(N4CCOCC4)n3)n2)C1. The molecule has 3 saturated heterocycles. The zero-order valence-corrected chi connectivity index (χ0v) is 18.2. The van der Waals surface area contributed by atoms with E-state index < -0.39 is 0 Å². The predicted molar refractivity (Wildman–Crippen MR) is 120 cm³/mol. The number of morpholine rings is 2. The highest BCUT2D eigenvalue weighted by atomic mass is 16.5. The second-order valence-corrected chi connectivity index (χ2v) is 8.53. The second-order valence-electron chi connectivity index (χ2n) is 8.53. The number of rotatable bonds is 4. The molecule has 0 saturated carbocycles. The molecule has 5 heterocycles. The van der Waals surface area contributed by atoms with E-state index in [1.54, 1.807) is 0 Å². The van der Waals surface area contributed by atoms with Crippen molar-refractivity contribution < 1.29 is 9.47 Å². The van der Waals surface area contributed by atoms with Gasteiger partial charge < -0.3 is 24.2 Å². The van der Waals surface area contributed by atoms with Crippen LogP contribution >= 0.6 is 0 Å². The zero-order valence-electron chi connectivity index (χ0n) is 18.2. The molecule has 0 amide bonds. The molecule has 1 unspecified atom stereocenters. The number of ether oxygens (including phenoxy) is 2. The van der Waals surface area contributed by atoms with Crippen LogP contribution in [0.4, 0.5) is 17.7 Å². The van der Waals surface area contributed by atoms with Gasteiger partial charge in [-0.3, -0.25) is 0 Å². The van der Waals surface area contributed by atoms with E-state index in [-0.39, 0.29) is 0 Å². The topological polar surface area (TPSA) is 79.7 Å². The zero-order chi connectivity index (χ0) is 21.0. The third kappa shape index (κ3) is 4.72. The molecule has 9 nitrogen and oxygen atoms in total. The first-order chi connectivity index (χ1) is 15.3. The minimum absolute atomic E-state index is 0.630. The molecule has 0 bridgehead atoms. The molecule has 9 heteroatoms. The third-order valence-electron chi connectivity index (χ3n) is 6.14. The molecule has 3 aliphatic rings. The lowest BCUT2D eigenvalue weighted by molar-refractivity contribution is 0.121. The Morgan fingerprint density at radius 3 is 2.03 bits per heavy atom. The van der Waals surface area contributed by atoms with Crippen molar-refractivity contribution in [1.29, 1.82) is 0 Å². The van der Waals surface area contributed by atoms with Crippen LogP contribution in [-0.4, -0.2) is 85.6 Å². The fourth-order valence-electron chi connectivity index (χ4n) is 4.40. The van der Waals surface area contributed by atoms with Gasteiger partial charge in [0.05, 0.1) is 26.4 Å². The van der Waals surface area contributed by atoms with Gasteiger partial charge in [-0.1, -0.05) is 13.0 Å². The summed E-state index contributed by atoms with van der Waals surface area (Å²) in [5.74, 6) is 3.73. The van der Waals surface area contributed by atoms with Crippen LogP contribution in [0.2, 0.25) is 0 Å². The minimum Gasteiger partial charge on any atom is -0.378 e. The first-order valence-electron chi connectivity index (χ1n) is 11.4. The molecule has 0 N–H and O–H groups in total. The molecule has 3 aliphatic heterocycles. The summed E-state index contributed by atoms with van der Waals surface area (Å²) in [4.78, 5) is 26.2. The highest BCUT2D eigenvalue weighted by Crippen LogP contribution is 2.26. The van der Waals surface area contributed by atoms with Crippen molar-refractivity contribution in [1.82, 2.24) is 19.9 Å². The third-order valence-corrected chi connectivity index (χ3v) is 6.14. The first-order valence-corrected chi connectivity index (χ1v) is 11.4. The maximum absolute atomic E-state index is 5.52. The van der Waals surface area contributed by atoms with Gasteiger partial charge in [-0.25, -0.2) is 4.98 Å². The van der Waals surface area contributed by atoms with Crippen LogP contribution in [0, 0.1) is 5.92 Å². The molecular formula is C22H31N7O2. The van der Waals surface area contributed by atoms with Crippen LogP contribution in [0.25, 0.3) is 11.5 Å². The summed E-state index contributed by atoms with van der Waals surface area (Å²) in [6.45, 7) is 10.3. The van der Waals surface area contributed by atoms with E-state index in [9.17, 15) is 0 Å². The number of hydrogen-bond donors (Lipinski definition) is 0. The van der Waals surface area contributed by atoms with Crippen LogP contribution in [0.3, 0.4) is 0 Å². The molecule has 0 aliphatic carbocycles. The van der Waals surface area contributed by atoms with Gasteiger partial charge in [0.25, 0.3) is 0 Å². The lowest BCUT2D eigenvalue weighted by atomic mass is 10.0. The van der Waals surface area contributed by atoms with Crippen LogP contribution in [-0.2, 0) is 9.47 Å². The Morgan fingerprint density at radius 2 is 1.42 bits per heavy atom. The highest BCUT2D eigenvalue weighted by molar-refractivity contribution is 5.58. The highest BCUT2D eigenvalue weighted by Gasteiger charge is 2.23. The minimum atomic E-state index is 0.630. The van der Waals surface area contributed by atoms with Gasteiger partial charge in [-0.05, 0) is 30.9 Å². The standard InChI is InChI=1S/C22H31N7O2/c1-17-4-3-7-29(16-17)19-6-2-5-18(23-19)20-24-21(27-8-12-30-13-9-27)26-22(25-20)28-10-14-31-15-11-28/h2,5-6,17H,3-4,7-16H2,1H3. The van der Waals surface area contributed by atoms with E-state index >= 15 is 0 Å².